The van der Waals surface area contributed by atoms with Gasteiger partial charge in [-0.2, -0.15) is 0 Å². The molecule has 0 N–H and O–H groups in total. The predicted octanol–water partition coefficient (Wildman–Crippen LogP) is 3.20. The summed E-state index contributed by atoms with van der Waals surface area (Å²) < 4.78 is 5.24. The Morgan fingerprint density at radius 2 is 1.96 bits per heavy atom. The number of hydrogen-bond acceptors (Lipinski definition) is 4. The van der Waals surface area contributed by atoms with Gasteiger partial charge in [0.1, 0.15) is 5.75 Å². The Kier molecular flexibility index (Phi) is 3.97. The number of methoxy groups -OCH3 is 1. The summed E-state index contributed by atoms with van der Waals surface area (Å²) in [5, 5.41) is 10.7. The highest BCUT2D eigenvalue weighted by Gasteiger charge is 2.24. The van der Waals surface area contributed by atoms with Gasteiger partial charge in [0.2, 0.25) is 0 Å². The van der Waals surface area contributed by atoms with Crippen LogP contribution in [0.2, 0.25) is 0 Å². The fourth-order valence-electron chi connectivity index (χ4n) is 2.77. The lowest BCUT2D eigenvalue weighted by molar-refractivity contribution is -0.384. The average Bonchev–Trinajstić information content (AvgIpc) is 2.60. The molecule has 6 nitrogen and oxygen atoms in total. The van der Waals surface area contributed by atoms with Crippen LogP contribution in [0.5, 0.6) is 5.75 Å². The molecule has 1 heterocycles. The number of hydrogen-bond donors (Lipinski definition) is 0. The van der Waals surface area contributed by atoms with Gasteiger partial charge in [-0.15, -0.1) is 0 Å². The Morgan fingerprint density at radius 3 is 2.61 bits per heavy atom. The van der Waals surface area contributed by atoms with Crippen molar-refractivity contribution in [2.75, 3.05) is 18.6 Å². The van der Waals surface area contributed by atoms with Gasteiger partial charge in [0, 0.05) is 30.3 Å². The molecule has 23 heavy (non-hydrogen) atoms. The monoisotopic (exact) mass is 312 g/mol. The maximum absolute atomic E-state index is 12.8. The molecule has 6 heteroatoms. The zero-order valence-electron chi connectivity index (χ0n) is 12.7. The lowest BCUT2D eigenvalue weighted by Crippen LogP contribution is -2.35. The second-order valence-electron chi connectivity index (χ2n) is 5.36. The lowest BCUT2D eigenvalue weighted by Gasteiger charge is -2.30. The standard InChI is InChI=1S/C17H16N2O4/c1-23-15-9-6-12-3-2-10-18(16(12)11-15)17(20)13-4-7-14(8-5-13)19(21)22/h4-9,11H,2-3,10H2,1H3. The number of nitro groups is 1. The van der Waals surface area contributed by atoms with E-state index in [1.54, 1.807) is 12.0 Å². The third kappa shape index (κ3) is 2.88. The van der Waals surface area contributed by atoms with Crippen LogP contribution in [-0.2, 0) is 6.42 Å². The van der Waals surface area contributed by atoms with Crippen LogP contribution < -0.4 is 9.64 Å². The highest BCUT2D eigenvalue weighted by atomic mass is 16.6. The quantitative estimate of drug-likeness (QED) is 0.644. The third-order valence-electron chi connectivity index (χ3n) is 3.98. The molecule has 0 spiro atoms. The number of non-ortho nitro benzene ring substituents is 1. The molecule has 2 aromatic carbocycles. The van der Waals surface area contributed by atoms with Crippen LogP contribution >= 0.6 is 0 Å². The topological polar surface area (TPSA) is 72.7 Å². The van der Waals surface area contributed by atoms with E-state index in [0.29, 0.717) is 17.9 Å². The van der Waals surface area contributed by atoms with Gasteiger partial charge in [0.15, 0.2) is 0 Å². The van der Waals surface area contributed by atoms with Crippen molar-refractivity contribution in [3.8, 4) is 5.75 Å². The van der Waals surface area contributed by atoms with E-state index in [1.165, 1.54) is 24.3 Å². The summed E-state index contributed by atoms with van der Waals surface area (Å²) in [5.74, 6) is 0.543. The molecule has 2 aromatic rings. The Bertz CT molecular complexity index is 756. The van der Waals surface area contributed by atoms with Gasteiger partial charge in [-0.25, -0.2) is 0 Å². The van der Waals surface area contributed by atoms with Crippen molar-refractivity contribution in [2.45, 2.75) is 12.8 Å². The minimum absolute atomic E-state index is 0.0257. The number of carbonyl (C=O) groups excluding carboxylic acids is 1. The largest absolute Gasteiger partial charge is 0.497 e. The lowest BCUT2D eigenvalue weighted by atomic mass is 10.0. The molecule has 0 radical (unpaired) electrons. The zero-order chi connectivity index (χ0) is 16.4. The molecular weight excluding hydrogens is 296 g/mol. The van der Waals surface area contributed by atoms with E-state index in [4.69, 9.17) is 4.74 Å². The molecule has 0 fully saturated rings. The van der Waals surface area contributed by atoms with E-state index in [-0.39, 0.29) is 11.6 Å². The number of fused-ring (bicyclic) bond motifs is 1. The number of nitro benzene ring substituents is 1. The number of rotatable bonds is 3. The van der Waals surface area contributed by atoms with Crippen molar-refractivity contribution >= 4 is 17.3 Å². The molecule has 0 saturated carbocycles. The molecule has 0 unspecified atom stereocenters. The molecule has 1 amide bonds. The maximum Gasteiger partial charge on any atom is 0.269 e. The highest BCUT2D eigenvalue weighted by Crippen LogP contribution is 2.32. The van der Waals surface area contributed by atoms with Crippen LogP contribution in [0.3, 0.4) is 0 Å². The van der Waals surface area contributed by atoms with Crippen LogP contribution in [-0.4, -0.2) is 24.5 Å². The van der Waals surface area contributed by atoms with Gasteiger partial charge in [-0.1, -0.05) is 6.07 Å². The number of amides is 1. The molecule has 3 rings (SSSR count). The van der Waals surface area contributed by atoms with Crippen LogP contribution in [0.4, 0.5) is 11.4 Å². The minimum atomic E-state index is -0.477. The number of ether oxygens (including phenoxy) is 1. The SMILES string of the molecule is COc1ccc2c(c1)N(C(=O)c1ccc([N+](=O)[O-])cc1)CCC2. The third-order valence-corrected chi connectivity index (χ3v) is 3.98. The molecule has 1 aliphatic rings. The second-order valence-corrected chi connectivity index (χ2v) is 5.36. The summed E-state index contributed by atoms with van der Waals surface area (Å²) in [5.41, 5.74) is 2.36. The van der Waals surface area contributed by atoms with E-state index >= 15 is 0 Å². The van der Waals surface area contributed by atoms with Crippen molar-refractivity contribution in [3.05, 3.63) is 63.7 Å². The first-order valence-electron chi connectivity index (χ1n) is 7.33. The predicted molar refractivity (Wildman–Crippen MR) is 86.1 cm³/mol. The van der Waals surface area contributed by atoms with Crippen LogP contribution in [0.1, 0.15) is 22.3 Å². The summed E-state index contributed by atoms with van der Waals surface area (Å²) in [6.07, 6.45) is 1.81. The van der Waals surface area contributed by atoms with Gasteiger partial charge in [-0.05, 0) is 36.6 Å². The first kappa shape index (κ1) is 15.0. The number of nitrogens with zero attached hydrogens (tertiary/aromatic N) is 2. The van der Waals surface area contributed by atoms with E-state index in [1.807, 2.05) is 18.2 Å². The average molecular weight is 312 g/mol. The highest BCUT2D eigenvalue weighted by molar-refractivity contribution is 6.07. The first-order chi connectivity index (χ1) is 11.1. The smallest absolute Gasteiger partial charge is 0.269 e. The van der Waals surface area contributed by atoms with Crippen LogP contribution in [0, 0.1) is 10.1 Å². The van der Waals surface area contributed by atoms with E-state index in [0.717, 1.165) is 24.1 Å². The summed E-state index contributed by atoms with van der Waals surface area (Å²) in [4.78, 5) is 24.7. The molecule has 118 valence electrons. The summed E-state index contributed by atoms with van der Waals surface area (Å²) in [6, 6.07) is 11.4. The summed E-state index contributed by atoms with van der Waals surface area (Å²) >= 11 is 0. The number of anilines is 1. The maximum atomic E-state index is 12.8. The molecule has 1 aliphatic heterocycles. The Labute approximate surface area is 133 Å². The van der Waals surface area contributed by atoms with Crippen LogP contribution in [0.15, 0.2) is 42.5 Å². The second kappa shape index (κ2) is 6.08. The van der Waals surface area contributed by atoms with E-state index in [9.17, 15) is 14.9 Å². The summed E-state index contributed by atoms with van der Waals surface area (Å²) in [6.45, 7) is 0.621. The number of carbonyl (C=O) groups is 1. The van der Waals surface area contributed by atoms with Crippen molar-refractivity contribution in [1.82, 2.24) is 0 Å². The Hall–Kier alpha value is -2.89. The fraction of sp³-hybridized carbons (Fsp3) is 0.235. The molecule has 0 bridgehead atoms. The van der Waals surface area contributed by atoms with Gasteiger partial charge >= 0.3 is 0 Å². The van der Waals surface area contributed by atoms with Gasteiger partial charge in [0.25, 0.3) is 11.6 Å². The Balaban J connectivity index is 1.93. The molecule has 0 saturated heterocycles. The normalized spacial score (nSPS) is 13.3. The van der Waals surface area contributed by atoms with Crippen LogP contribution in [0.25, 0.3) is 0 Å². The molecule has 0 aromatic heterocycles. The zero-order valence-corrected chi connectivity index (χ0v) is 12.7. The minimum Gasteiger partial charge on any atom is -0.497 e. The van der Waals surface area contributed by atoms with Crippen molar-refractivity contribution < 1.29 is 14.5 Å². The van der Waals surface area contributed by atoms with Crippen molar-refractivity contribution in [1.29, 1.82) is 0 Å². The van der Waals surface area contributed by atoms with Gasteiger partial charge in [-0.3, -0.25) is 14.9 Å². The van der Waals surface area contributed by atoms with Crippen molar-refractivity contribution in [3.63, 3.8) is 0 Å². The molecule has 0 atom stereocenters. The van der Waals surface area contributed by atoms with Gasteiger partial charge in [0.05, 0.1) is 17.7 Å². The van der Waals surface area contributed by atoms with E-state index in [2.05, 4.69) is 0 Å². The fourth-order valence-corrected chi connectivity index (χ4v) is 2.77. The van der Waals surface area contributed by atoms with Gasteiger partial charge < -0.3 is 9.64 Å². The Morgan fingerprint density at radius 1 is 1.22 bits per heavy atom. The number of aryl methyl sites for hydroxylation is 1. The molecular formula is C17H16N2O4. The summed E-state index contributed by atoms with van der Waals surface area (Å²) in [7, 11) is 1.59. The number of benzene rings is 2. The van der Waals surface area contributed by atoms with Crippen molar-refractivity contribution in [2.24, 2.45) is 0 Å². The van der Waals surface area contributed by atoms with E-state index < -0.39 is 4.92 Å². The molecule has 0 aliphatic carbocycles. The first-order valence-corrected chi connectivity index (χ1v) is 7.33.